The molecule has 0 radical (unpaired) electrons. The number of thiazole rings is 1. The quantitative estimate of drug-likeness (QED) is 0.556. The number of hydrogen-bond donors (Lipinski definition) is 3. The number of benzene rings is 1. The van der Waals surface area contributed by atoms with Crippen LogP contribution >= 0.6 is 11.3 Å². The Morgan fingerprint density at radius 3 is 2.71 bits per heavy atom. The van der Waals surface area contributed by atoms with Gasteiger partial charge in [0.25, 0.3) is 0 Å². The lowest BCUT2D eigenvalue weighted by molar-refractivity contribution is 0.425. The number of azo groups is 1. The maximum Gasteiger partial charge on any atom is 0.490 e. The Morgan fingerprint density at radius 2 is 2.06 bits per heavy atom. The molecule has 1 heterocycles. The average molecular weight is 249 g/mol. The maximum absolute atomic E-state index is 9.23. The van der Waals surface area contributed by atoms with E-state index in [1.165, 1.54) is 29.5 Å². The van der Waals surface area contributed by atoms with Crippen LogP contribution in [-0.4, -0.2) is 27.3 Å². The molecule has 0 aliphatic rings. The highest BCUT2D eigenvalue weighted by atomic mass is 32.1. The molecule has 0 bridgehead atoms. The molecule has 2 aromatic rings. The van der Waals surface area contributed by atoms with E-state index < -0.39 is 7.12 Å². The van der Waals surface area contributed by atoms with Gasteiger partial charge in [-0.05, 0) is 18.2 Å². The third-order valence-corrected chi connectivity index (χ3v) is 2.61. The van der Waals surface area contributed by atoms with Crippen LogP contribution in [0.4, 0.5) is 10.8 Å². The highest BCUT2D eigenvalue weighted by Gasteiger charge is 2.16. The van der Waals surface area contributed by atoms with Crippen LogP contribution in [0.15, 0.2) is 40.0 Å². The molecular weight excluding hydrogens is 241 g/mol. The van der Waals surface area contributed by atoms with Crippen molar-refractivity contribution in [2.24, 2.45) is 10.2 Å². The molecule has 0 aliphatic heterocycles. The van der Waals surface area contributed by atoms with Crippen molar-refractivity contribution in [2.75, 3.05) is 0 Å². The molecule has 0 fully saturated rings. The van der Waals surface area contributed by atoms with E-state index in [4.69, 9.17) is 10.0 Å². The molecule has 86 valence electrons. The van der Waals surface area contributed by atoms with E-state index in [0.29, 0.717) is 5.13 Å². The van der Waals surface area contributed by atoms with Crippen molar-refractivity contribution in [3.05, 3.63) is 29.8 Å². The summed E-state index contributed by atoms with van der Waals surface area (Å²) in [6, 6.07) is 4.06. The van der Waals surface area contributed by atoms with E-state index >= 15 is 0 Å². The SMILES string of the molecule is OB(O)c1cc(O)ccc1N=Nc1nccs1. The first-order chi connectivity index (χ1) is 8.16. The predicted molar refractivity (Wildman–Crippen MR) is 64.2 cm³/mol. The fourth-order valence-electron chi connectivity index (χ4n) is 1.20. The number of aromatic hydroxyl groups is 1. The summed E-state index contributed by atoms with van der Waals surface area (Å²) in [6.45, 7) is 0. The minimum atomic E-state index is -1.72. The number of phenolic OH excluding ortho intramolecular Hbond substituents is 1. The second-order valence-corrected chi connectivity index (χ2v) is 4.00. The molecule has 17 heavy (non-hydrogen) atoms. The Bertz CT molecular complexity index is 530. The molecule has 6 nitrogen and oxygen atoms in total. The van der Waals surface area contributed by atoms with Gasteiger partial charge in [0.1, 0.15) is 5.75 Å². The first kappa shape index (κ1) is 11.7. The van der Waals surface area contributed by atoms with Gasteiger partial charge in [0, 0.05) is 17.0 Å². The third-order valence-electron chi connectivity index (χ3n) is 1.95. The van der Waals surface area contributed by atoms with E-state index in [1.807, 2.05) is 0 Å². The van der Waals surface area contributed by atoms with Gasteiger partial charge in [-0.1, -0.05) is 0 Å². The summed E-state index contributed by atoms with van der Waals surface area (Å²) in [5.41, 5.74) is 0.360. The lowest BCUT2D eigenvalue weighted by Gasteiger charge is -2.03. The summed E-state index contributed by atoms with van der Waals surface area (Å²) < 4.78 is 0. The van der Waals surface area contributed by atoms with Crippen molar-refractivity contribution < 1.29 is 15.2 Å². The molecule has 1 aromatic heterocycles. The van der Waals surface area contributed by atoms with Crippen molar-refractivity contribution in [1.29, 1.82) is 0 Å². The van der Waals surface area contributed by atoms with Gasteiger partial charge in [-0.2, -0.15) is 0 Å². The van der Waals surface area contributed by atoms with E-state index in [-0.39, 0.29) is 16.9 Å². The number of phenols is 1. The van der Waals surface area contributed by atoms with Crippen LogP contribution in [0, 0.1) is 0 Å². The zero-order valence-electron chi connectivity index (χ0n) is 8.56. The number of rotatable bonds is 3. The zero-order valence-corrected chi connectivity index (χ0v) is 9.37. The van der Waals surface area contributed by atoms with Gasteiger partial charge < -0.3 is 15.2 Å². The van der Waals surface area contributed by atoms with Crippen LogP contribution in [-0.2, 0) is 0 Å². The summed E-state index contributed by atoms with van der Waals surface area (Å²) >= 11 is 1.31. The molecule has 0 spiro atoms. The Morgan fingerprint density at radius 1 is 1.24 bits per heavy atom. The van der Waals surface area contributed by atoms with Crippen molar-refractivity contribution >= 4 is 34.7 Å². The second kappa shape index (κ2) is 5.04. The summed E-state index contributed by atoms with van der Waals surface area (Å²) in [6.07, 6.45) is 1.59. The molecule has 8 heteroatoms. The third kappa shape index (κ3) is 2.87. The van der Waals surface area contributed by atoms with Crippen LogP contribution in [0.1, 0.15) is 0 Å². The van der Waals surface area contributed by atoms with Gasteiger partial charge in [-0.25, -0.2) is 4.98 Å². The molecule has 0 unspecified atom stereocenters. The molecule has 0 saturated carbocycles. The van der Waals surface area contributed by atoms with Gasteiger partial charge in [-0.15, -0.1) is 21.6 Å². The van der Waals surface area contributed by atoms with E-state index in [0.717, 1.165) is 0 Å². The highest BCUT2D eigenvalue weighted by Crippen LogP contribution is 2.20. The molecule has 1 aromatic carbocycles. The minimum Gasteiger partial charge on any atom is -0.508 e. The first-order valence-corrected chi connectivity index (χ1v) is 5.55. The number of hydrogen-bond acceptors (Lipinski definition) is 7. The van der Waals surface area contributed by atoms with E-state index in [9.17, 15) is 5.11 Å². The van der Waals surface area contributed by atoms with Gasteiger partial charge in [0.05, 0.1) is 5.69 Å². The predicted octanol–water partition coefficient (Wildman–Crippen LogP) is 0.944. The van der Waals surface area contributed by atoms with Crippen molar-refractivity contribution in [1.82, 2.24) is 4.98 Å². The molecule has 0 amide bonds. The molecule has 0 aliphatic carbocycles. The van der Waals surface area contributed by atoms with Gasteiger partial charge in [0.15, 0.2) is 0 Å². The smallest absolute Gasteiger partial charge is 0.490 e. The monoisotopic (exact) mass is 249 g/mol. The Hall–Kier alpha value is -1.77. The van der Waals surface area contributed by atoms with Crippen molar-refractivity contribution in [3.8, 4) is 5.75 Å². The number of nitrogens with zero attached hydrogens (tertiary/aromatic N) is 3. The summed E-state index contributed by atoms with van der Waals surface area (Å²) in [7, 11) is -1.72. The van der Waals surface area contributed by atoms with Crippen LogP contribution < -0.4 is 5.46 Å². The van der Waals surface area contributed by atoms with Crippen LogP contribution in [0.25, 0.3) is 0 Å². The second-order valence-electron chi connectivity index (χ2n) is 3.13. The summed E-state index contributed by atoms with van der Waals surface area (Å²) in [5, 5.41) is 37.4. The molecular formula is C9H8BN3O3S. The number of aromatic nitrogens is 1. The first-order valence-electron chi connectivity index (χ1n) is 4.67. The minimum absolute atomic E-state index is 0.0682. The Labute approximate surface area is 101 Å². The lowest BCUT2D eigenvalue weighted by atomic mass is 9.79. The molecule has 2 rings (SSSR count). The normalized spacial score (nSPS) is 10.9. The molecule has 0 saturated heterocycles. The highest BCUT2D eigenvalue weighted by molar-refractivity contribution is 7.13. The summed E-state index contributed by atoms with van der Waals surface area (Å²) in [4.78, 5) is 3.91. The van der Waals surface area contributed by atoms with E-state index in [2.05, 4.69) is 15.2 Å². The van der Waals surface area contributed by atoms with Gasteiger partial charge >= 0.3 is 7.12 Å². The molecule has 3 N–H and O–H groups in total. The zero-order chi connectivity index (χ0) is 12.3. The standard InChI is InChI=1S/C9H8BN3O3S/c14-6-1-2-8(7(5-6)10(15)16)12-13-9-11-3-4-17-9/h1-5,14-16H. The van der Waals surface area contributed by atoms with Crippen LogP contribution in [0.3, 0.4) is 0 Å². The van der Waals surface area contributed by atoms with E-state index in [1.54, 1.807) is 11.6 Å². The van der Waals surface area contributed by atoms with Crippen LogP contribution in [0.2, 0.25) is 0 Å². The van der Waals surface area contributed by atoms with Gasteiger partial charge in [-0.3, -0.25) is 0 Å². The Kier molecular flexibility index (Phi) is 3.47. The summed E-state index contributed by atoms with van der Waals surface area (Å²) in [5.74, 6) is -0.0682. The molecule has 0 atom stereocenters. The fraction of sp³-hybridized carbons (Fsp3) is 0. The largest absolute Gasteiger partial charge is 0.508 e. The Balaban J connectivity index is 2.32. The van der Waals surface area contributed by atoms with Crippen molar-refractivity contribution in [2.45, 2.75) is 0 Å². The topological polar surface area (TPSA) is 98.3 Å². The van der Waals surface area contributed by atoms with Crippen molar-refractivity contribution in [3.63, 3.8) is 0 Å². The van der Waals surface area contributed by atoms with Gasteiger partial charge in [0.2, 0.25) is 5.13 Å². The lowest BCUT2D eigenvalue weighted by Crippen LogP contribution is -2.29. The maximum atomic E-state index is 9.23. The fourth-order valence-corrected chi connectivity index (χ4v) is 1.65. The average Bonchev–Trinajstić information content (AvgIpc) is 2.80. The van der Waals surface area contributed by atoms with Crippen LogP contribution in [0.5, 0.6) is 5.75 Å².